The second kappa shape index (κ2) is 9.88. The van der Waals surface area contributed by atoms with Crippen LogP contribution >= 0.6 is 0 Å². The first-order valence-corrected chi connectivity index (χ1v) is 11.2. The summed E-state index contributed by atoms with van der Waals surface area (Å²) in [5.74, 6) is 0.598. The topological polar surface area (TPSA) is 141 Å². The fourth-order valence-corrected chi connectivity index (χ4v) is 4.27. The Bertz CT molecular complexity index is 1100. The minimum Gasteiger partial charge on any atom is -0.343 e. The van der Waals surface area contributed by atoms with E-state index >= 15 is 0 Å². The number of rotatable bonds is 7. The second-order valence-electron chi connectivity index (χ2n) is 8.49. The average molecular weight is 453 g/mol. The number of carbonyl (C=O) groups excluding carboxylic acids is 2. The summed E-state index contributed by atoms with van der Waals surface area (Å²) in [5.41, 5.74) is 1.81. The van der Waals surface area contributed by atoms with E-state index in [2.05, 4.69) is 36.3 Å². The van der Waals surface area contributed by atoms with Gasteiger partial charge in [-0.2, -0.15) is 4.98 Å². The molecule has 0 unspecified atom stereocenters. The van der Waals surface area contributed by atoms with Gasteiger partial charge in [-0.15, -0.1) is 5.10 Å². The van der Waals surface area contributed by atoms with Crippen molar-refractivity contribution >= 4 is 17.5 Å². The summed E-state index contributed by atoms with van der Waals surface area (Å²) in [6.45, 7) is 3.45. The molecule has 0 aliphatic heterocycles. The van der Waals surface area contributed by atoms with E-state index in [9.17, 15) is 9.59 Å². The molecule has 1 aromatic carbocycles. The molecule has 1 saturated carbocycles. The van der Waals surface area contributed by atoms with Crippen molar-refractivity contribution in [2.45, 2.75) is 70.8 Å². The van der Waals surface area contributed by atoms with Gasteiger partial charge in [0, 0.05) is 25.5 Å². The summed E-state index contributed by atoms with van der Waals surface area (Å²) in [5, 5.41) is 21.3. The Hall–Kier alpha value is -3.63. The molecule has 3 aromatic rings. The van der Waals surface area contributed by atoms with Crippen LogP contribution in [0.4, 0.5) is 5.69 Å². The summed E-state index contributed by atoms with van der Waals surface area (Å²) in [7, 11) is 0. The number of aromatic nitrogens is 6. The third kappa shape index (κ3) is 5.41. The molecule has 0 radical (unpaired) electrons. The summed E-state index contributed by atoms with van der Waals surface area (Å²) in [6, 6.07) is 5.54. The number of hydrogen-bond donors (Lipinski definition) is 2. The molecule has 0 bridgehead atoms. The highest BCUT2D eigenvalue weighted by Crippen LogP contribution is 2.34. The van der Waals surface area contributed by atoms with E-state index < -0.39 is 5.54 Å². The van der Waals surface area contributed by atoms with Crippen LogP contribution in [0.25, 0.3) is 5.69 Å². The number of nitrogens with one attached hydrogen (secondary N) is 2. The highest BCUT2D eigenvalue weighted by Gasteiger charge is 2.38. The van der Waals surface area contributed by atoms with Crippen LogP contribution in [-0.4, -0.2) is 42.2 Å². The van der Waals surface area contributed by atoms with Gasteiger partial charge in [-0.25, -0.2) is 4.68 Å². The van der Waals surface area contributed by atoms with Crippen LogP contribution in [0.2, 0.25) is 0 Å². The number of carbonyl (C=O) groups is 2. The Morgan fingerprint density at radius 1 is 1.18 bits per heavy atom. The highest BCUT2D eigenvalue weighted by molar-refractivity contribution is 5.91. The van der Waals surface area contributed by atoms with Gasteiger partial charge in [-0.3, -0.25) is 9.59 Å². The van der Waals surface area contributed by atoms with E-state index in [1.165, 1.54) is 13.3 Å². The van der Waals surface area contributed by atoms with E-state index in [-0.39, 0.29) is 18.2 Å². The number of amides is 2. The Labute approximate surface area is 191 Å². The van der Waals surface area contributed by atoms with E-state index in [1.807, 2.05) is 25.1 Å². The molecular formula is C22H28N8O3. The van der Waals surface area contributed by atoms with Gasteiger partial charge in [-0.1, -0.05) is 36.9 Å². The molecule has 11 heteroatoms. The van der Waals surface area contributed by atoms with Gasteiger partial charge >= 0.3 is 0 Å². The molecule has 174 valence electrons. The minimum absolute atomic E-state index is 0.109. The molecule has 2 heterocycles. The lowest BCUT2D eigenvalue weighted by Gasteiger charge is -2.30. The number of nitrogens with zero attached hydrogens (tertiary/aromatic N) is 6. The van der Waals surface area contributed by atoms with Crippen molar-refractivity contribution in [2.75, 3.05) is 5.32 Å². The van der Waals surface area contributed by atoms with E-state index in [0.717, 1.165) is 49.8 Å². The van der Waals surface area contributed by atoms with Crippen LogP contribution in [0, 0.1) is 6.92 Å². The third-order valence-electron chi connectivity index (χ3n) is 5.92. The molecule has 11 nitrogen and oxygen atoms in total. The number of tetrazole rings is 1. The lowest BCUT2D eigenvalue weighted by atomic mass is 9.89. The minimum atomic E-state index is -0.596. The molecule has 0 spiro atoms. The van der Waals surface area contributed by atoms with Gasteiger partial charge in [0.25, 0.3) is 0 Å². The SMILES string of the molecule is CC(=O)NC1(c2noc(CCC(=O)Nc3ccc(C)c(-n4cnnn4)c3)n2)CCCCCC1. The molecule has 1 aliphatic rings. The molecule has 2 N–H and O–H groups in total. The molecule has 0 saturated heterocycles. The van der Waals surface area contributed by atoms with Gasteiger partial charge in [0.1, 0.15) is 11.9 Å². The lowest BCUT2D eigenvalue weighted by Crippen LogP contribution is -2.45. The predicted octanol–water partition coefficient (Wildman–Crippen LogP) is 2.61. The van der Waals surface area contributed by atoms with Crippen LogP contribution in [0.15, 0.2) is 29.0 Å². The smallest absolute Gasteiger partial charge is 0.227 e. The molecule has 2 aromatic heterocycles. The highest BCUT2D eigenvalue weighted by atomic mass is 16.5. The van der Waals surface area contributed by atoms with Gasteiger partial charge < -0.3 is 15.2 Å². The first kappa shape index (κ1) is 22.6. The normalized spacial score (nSPS) is 15.6. The Kier molecular flexibility index (Phi) is 6.76. The maximum Gasteiger partial charge on any atom is 0.227 e. The monoisotopic (exact) mass is 452 g/mol. The number of hydrogen-bond acceptors (Lipinski definition) is 8. The first-order valence-electron chi connectivity index (χ1n) is 11.2. The third-order valence-corrected chi connectivity index (χ3v) is 5.92. The molecule has 4 rings (SSSR count). The summed E-state index contributed by atoms with van der Waals surface area (Å²) >= 11 is 0. The maximum absolute atomic E-state index is 12.5. The van der Waals surface area contributed by atoms with Crippen LogP contribution in [0.5, 0.6) is 0 Å². The van der Waals surface area contributed by atoms with Gasteiger partial charge in [0.15, 0.2) is 5.82 Å². The number of aryl methyl sites for hydroxylation is 2. The zero-order valence-electron chi connectivity index (χ0n) is 18.9. The quantitative estimate of drug-likeness (QED) is 0.521. The molecular weight excluding hydrogens is 424 g/mol. The second-order valence-corrected chi connectivity index (χ2v) is 8.49. The largest absolute Gasteiger partial charge is 0.343 e. The van der Waals surface area contributed by atoms with Crippen LogP contribution in [-0.2, 0) is 21.5 Å². The van der Waals surface area contributed by atoms with Crippen molar-refractivity contribution in [3.63, 3.8) is 0 Å². The summed E-state index contributed by atoms with van der Waals surface area (Å²) in [6.07, 6.45) is 7.80. The van der Waals surface area contributed by atoms with Crippen LogP contribution < -0.4 is 10.6 Å². The van der Waals surface area contributed by atoms with Crippen molar-refractivity contribution in [1.29, 1.82) is 0 Å². The Balaban J connectivity index is 1.39. The van der Waals surface area contributed by atoms with Crippen LogP contribution in [0.1, 0.15) is 69.1 Å². The predicted molar refractivity (Wildman–Crippen MR) is 118 cm³/mol. The summed E-state index contributed by atoms with van der Waals surface area (Å²) < 4.78 is 6.98. The fraction of sp³-hybridized carbons (Fsp3) is 0.500. The number of benzene rings is 1. The molecule has 33 heavy (non-hydrogen) atoms. The maximum atomic E-state index is 12.5. The first-order chi connectivity index (χ1) is 15.9. The zero-order valence-corrected chi connectivity index (χ0v) is 18.9. The zero-order chi connectivity index (χ0) is 23.3. The lowest BCUT2D eigenvalue weighted by molar-refractivity contribution is -0.121. The average Bonchev–Trinajstić information content (AvgIpc) is 3.43. The molecule has 1 aliphatic carbocycles. The van der Waals surface area contributed by atoms with E-state index in [1.54, 1.807) is 4.68 Å². The van der Waals surface area contributed by atoms with Crippen molar-refractivity contribution in [3.05, 3.63) is 41.8 Å². The van der Waals surface area contributed by atoms with Gasteiger partial charge in [0.2, 0.25) is 17.7 Å². The van der Waals surface area contributed by atoms with Gasteiger partial charge in [0.05, 0.1) is 5.69 Å². The standard InChI is InChI=1S/C22H28N8O3/c1-15-7-8-17(13-18(15)30-14-23-28-29-30)24-19(32)9-10-20-25-21(27-33-20)22(26-16(2)31)11-5-3-4-6-12-22/h7-8,13-14H,3-6,9-12H2,1-2H3,(H,24,32)(H,26,31). The Morgan fingerprint density at radius 3 is 2.67 bits per heavy atom. The molecule has 0 atom stereocenters. The number of anilines is 1. The summed E-state index contributed by atoms with van der Waals surface area (Å²) in [4.78, 5) is 28.9. The Morgan fingerprint density at radius 2 is 1.97 bits per heavy atom. The van der Waals surface area contributed by atoms with Gasteiger partial charge in [-0.05, 0) is 47.9 Å². The van der Waals surface area contributed by atoms with Crippen molar-refractivity contribution in [1.82, 2.24) is 35.7 Å². The van der Waals surface area contributed by atoms with E-state index in [0.29, 0.717) is 23.8 Å². The van der Waals surface area contributed by atoms with Crippen molar-refractivity contribution < 1.29 is 14.1 Å². The molecule has 2 amide bonds. The fourth-order valence-electron chi connectivity index (χ4n) is 4.27. The van der Waals surface area contributed by atoms with Crippen molar-refractivity contribution in [3.8, 4) is 5.69 Å². The van der Waals surface area contributed by atoms with Crippen molar-refractivity contribution in [2.24, 2.45) is 0 Å². The van der Waals surface area contributed by atoms with Crippen LogP contribution in [0.3, 0.4) is 0 Å². The molecule has 1 fully saturated rings. The van der Waals surface area contributed by atoms with E-state index in [4.69, 9.17) is 4.52 Å².